The van der Waals surface area contributed by atoms with Crippen molar-refractivity contribution in [3.05, 3.63) is 30.6 Å². The number of nitrogens with one attached hydrogen (secondary N) is 2. The lowest BCUT2D eigenvalue weighted by Gasteiger charge is -2.09. The van der Waals surface area contributed by atoms with Crippen molar-refractivity contribution in [2.24, 2.45) is 5.84 Å². The molecule has 0 bridgehead atoms. The van der Waals surface area contributed by atoms with Crippen LogP contribution in [0.4, 0.5) is 11.6 Å². The Hall–Kier alpha value is -2.15. The molecule has 1 saturated carbocycles. The number of nitrogens with two attached hydrogens (primary N) is 1. The van der Waals surface area contributed by atoms with E-state index in [0.717, 1.165) is 24.7 Å². The Kier molecular flexibility index (Phi) is 3.28. The van der Waals surface area contributed by atoms with Crippen molar-refractivity contribution >= 4 is 11.6 Å². The minimum absolute atomic E-state index is 0.502. The van der Waals surface area contributed by atoms with Crippen LogP contribution in [0.15, 0.2) is 24.8 Å². The highest BCUT2D eigenvalue weighted by Gasteiger charge is 2.27. The fourth-order valence-corrected chi connectivity index (χ4v) is 1.89. The molecule has 1 aliphatic carbocycles. The first-order valence-electron chi connectivity index (χ1n) is 6.40. The molecule has 1 fully saturated rings. The van der Waals surface area contributed by atoms with Gasteiger partial charge < -0.3 is 15.3 Å². The monoisotopic (exact) mass is 259 g/mol. The van der Waals surface area contributed by atoms with Gasteiger partial charge in [-0.3, -0.25) is 0 Å². The average Bonchev–Trinajstić information content (AvgIpc) is 3.17. The second-order valence-electron chi connectivity index (χ2n) is 4.64. The molecule has 2 heterocycles. The number of anilines is 2. The Morgan fingerprint density at radius 2 is 2.16 bits per heavy atom. The van der Waals surface area contributed by atoms with Gasteiger partial charge in [-0.05, 0) is 12.8 Å². The molecule has 2 aromatic heterocycles. The minimum atomic E-state index is 0.502. The molecule has 7 nitrogen and oxygen atoms in total. The predicted octanol–water partition coefficient (Wildman–Crippen LogP) is 0.948. The minimum Gasteiger partial charge on any atom is -0.368 e. The molecule has 0 saturated heterocycles. The molecule has 2 aromatic rings. The van der Waals surface area contributed by atoms with Gasteiger partial charge in [-0.15, -0.1) is 0 Å². The van der Waals surface area contributed by atoms with Crippen molar-refractivity contribution < 1.29 is 0 Å². The Labute approximate surface area is 111 Å². The average molecular weight is 259 g/mol. The quantitative estimate of drug-likeness (QED) is 0.528. The van der Waals surface area contributed by atoms with Crippen molar-refractivity contribution in [2.75, 3.05) is 17.3 Å². The standard InChI is InChI=1S/C12H17N7/c13-18-11-7-10(16-12(17-11)9-1-2-9)15-4-6-19-5-3-14-8-19/h3,5,7-9H,1-2,4,6,13H2,(H2,15,16,17,18). The molecule has 1 aliphatic rings. The van der Waals surface area contributed by atoms with Crippen LogP contribution in [0.1, 0.15) is 24.6 Å². The number of hydrazine groups is 1. The highest BCUT2D eigenvalue weighted by atomic mass is 15.3. The lowest BCUT2D eigenvalue weighted by Crippen LogP contribution is -2.14. The summed E-state index contributed by atoms with van der Waals surface area (Å²) in [7, 11) is 0. The number of hydrogen-bond donors (Lipinski definition) is 3. The first-order valence-corrected chi connectivity index (χ1v) is 6.40. The van der Waals surface area contributed by atoms with E-state index in [9.17, 15) is 0 Å². The van der Waals surface area contributed by atoms with Gasteiger partial charge in [0.05, 0.1) is 6.33 Å². The van der Waals surface area contributed by atoms with Gasteiger partial charge in [-0.1, -0.05) is 0 Å². The lowest BCUT2D eigenvalue weighted by atomic mass is 10.3. The van der Waals surface area contributed by atoms with Crippen LogP contribution in [0.5, 0.6) is 0 Å². The molecule has 7 heteroatoms. The molecule has 19 heavy (non-hydrogen) atoms. The summed E-state index contributed by atoms with van der Waals surface area (Å²) in [5.41, 5.74) is 2.59. The molecule has 100 valence electrons. The number of nitrogens with zero attached hydrogens (tertiary/aromatic N) is 4. The van der Waals surface area contributed by atoms with E-state index in [-0.39, 0.29) is 0 Å². The van der Waals surface area contributed by atoms with Gasteiger partial charge in [-0.25, -0.2) is 20.8 Å². The lowest BCUT2D eigenvalue weighted by molar-refractivity contribution is 0.724. The summed E-state index contributed by atoms with van der Waals surface area (Å²) >= 11 is 0. The predicted molar refractivity (Wildman–Crippen MR) is 72.5 cm³/mol. The normalized spacial score (nSPS) is 14.4. The SMILES string of the molecule is NNc1cc(NCCn2ccnc2)nc(C2CC2)n1. The molecule has 0 amide bonds. The fourth-order valence-electron chi connectivity index (χ4n) is 1.89. The molecule has 0 radical (unpaired) electrons. The molecule has 0 aliphatic heterocycles. The number of nitrogen functional groups attached to an aromatic ring is 1. The summed E-state index contributed by atoms with van der Waals surface area (Å²) in [4.78, 5) is 12.9. The van der Waals surface area contributed by atoms with Gasteiger partial charge in [0.25, 0.3) is 0 Å². The fraction of sp³-hybridized carbons (Fsp3) is 0.417. The number of hydrogen-bond acceptors (Lipinski definition) is 6. The maximum atomic E-state index is 5.43. The Morgan fingerprint density at radius 3 is 2.84 bits per heavy atom. The summed E-state index contributed by atoms with van der Waals surface area (Å²) in [6.45, 7) is 1.62. The molecule has 0 spiro atoms. The molecule has 3 rings (SSSR count). The first-order chi connectivity index (χ1) is 9.35. The van der Waals surface area contributed by atoms with Crippen LogP contribution in [0.2, 0.25) is 0 Å². The number of aromatic nitrogens is 4. The van der Waals surface area contributed by atoms with Crippen molar-refractivity contribution in [1.82, 2.24) is 19.5 Å². The molecule has 0 atom stereocenters. The van der Waals surface area contributed by atoms with Crippen LogP contribution in [0.3, 0.4) is 0 Å². The Morgan fingerprint density at radius 1 is 1.32 bits per heavy atom. The summed E-state index contributed by atoms with van der Waals surface area (Å²) < 4.78 is 2.01. The van der Waals surface area contributed by atoms with Crippen molar-refractivity contribution in [1.29, 1.82) is 0 Å². The Balaban J connectivity index is 1.64. The highest BCUT2D eigenvalue weighted by Crippen LogP contribution is 2.38. The van der Waals surface area contributed by atoms with Gasteiger partial charge in [0.15, 0.2) is 0 Å². The van der Waals surface area contributed by atoms with Crippen LogP contribution < -0.4 is 16.6 Å². The van der Waals surface area contributed by atoms with Crippen LogP contribution in [-0.4, -0.2) is 26.1 Å². The number of rotatable bonds is 6. The van der Waals surface area contributed by atoms with Crippen LogP contribution >= 0.6 is 0 Å². The molecule has 4 N–H and O–H groups in total. The largest absolute Gasteiger partial charge is 0.368 e. The maximum Gasteiger partial charge on any atom is 0.145 e. The van der Waals surface area contributed by atoms with E-state index in [0.29, 0.717) is 11.7 Å². The van der Waals surface area contributed by atoms with Gasteiger partial charge in [0.1, 0.15) is 17.5 Å². The van der Waals surface area contributed by atoms with Crippen molar-refractivity contribution in [2.45, 2.75) is 25.3 Å². The third-order valence-corrected chi connectivity index (χ3v) is 3.07. The summed E-state index contributed by atoms with van der Waals surface area (Å²) in [6, 6.07) is 1.82. The first kappa shape index (κ1) is 11.9. The third kappa shape index (κ3) is 3.00. The maximum absolute atomic E-state index is 5.43. The summed E-state index contributed by atoms with van der Waals surface area (Å²) in [5, 5.41) is 3.29. The molecule has 0 unspecified atom stereocenters. The van der Waals surface area contributed by atoms with Gasteiger partial charge >= 0.3 is 0 Å². The van der Waals surface area contributed by atoms with Crippen LogP contribution in [-0.2, 0) is 6.54 Å². The van der Waals surface area contributed by atoms with E-state index in [4.69, 9.17) is 5.84 Å². The van der Waals surface area contributed by atoms with E-state index in [1.165, 1.54) is 12.8 Å². The van der Waals surface area contributed by atoms with Crippen molar-refractivity contribution in [3.8, 4) is 0 Å². The topological polar surface area (TPSA) is 93.7 Å². The smallest absolute Gasteiger partial charge is 0.145 e. The van der Waals surface area contributed by atoms with Gasteiger partial charge in [0, 0.05) is 37.5 Å². The van der Waals surface area contributed by atoms with E-state index < -0.39 is 0 Å². The van der Waals surface area contributed by atoms with Gasteiger partial charge in [-0.2, -0.15) is 0 Å². The molecular formula is C12H17N7. The summed E-state index contributed by atoms with van der Waals surface area (Å²) in [5.74, 6) is 8.28. The highest BCUT2D eigenvalue weighted by molar-refractivity contribution is 5.47. The van der Waals surface area contributed by atoms with Crippen molar-refractivity contribution in [3.63, 3.8) is 0 Å². The van der Waals surface area contributed by atoms with E-state index in [1.807, 2.05) is 16.8 Å². The molecular weight excluding hydrogens is 242 g/mol. The molecule has 0 aromatic carbocycles. The van der Waals surface area contributed by atoms with Crippen LogP contribution in [0, 0.1) is 0 Å². The van der Waals surface area contributed by atoms with E-state index >= 15 is 0 Å². The van der Waals surface area contributed by atoms with Crippen LogP contribution in [0.25, 0.3) is 0 Å². The zero-order chi connectivity index (χ0) is 13.1. The van der Waals surface area contributed by atoms with E-state index in [1.54, 1.807) is 12.5 Å². The Bertz CT molecular complexity index is 533. The third-order valence-electron chi connectivity index (χ3n) is 3.07. The second kappa shape index (κ2) is 5.23. The summed E-state index contributed by atoms with van der Waals surface area (Å²) in [6.07, 6.45) is 7.84. The zero-order valence-electron chi connectivity index (χ0n) is 10.6. The van der Waals surface area contributed by atoms with Gasteiger partial charge in [0.2, 0.25) is 0 Å². The van der Waals surface area contributed by atoms with E-state index in [2.05, 4.69) is 25.7 Å². The zero-order valence-corrected chi connectivity index (χ0v) is 10.6. The number of imidazole rings is 1. The second-order valence-corrected chi connectivity index (χ2v) is 4.64.